The molecular formula is C18H28O. The lowest BCUT2D eigenvalue weighted by molar-refractivity contribution is 0.0957. The van der Waals surface area contributed by atoms with Gasteiger partial charge >= 0.3 is 0 Å². The molecule has 0 aromatic heterocycles. The summed E-state index contributed by atoms with van der Waals surface area (Å²) in [6.07, 6.45) is 2.87. The highest BCUT2D eigenvalue weighted by Gasteiger charge is 2.20. The lowest BCUT2D eigenvalue weighted by atomic mass is 9.84. The number of hydrogen-bond acceptors (Lipinski definition) is 1. The second-order valence-electron chi connectivity index (χ2n) is 5.81. The number of hydrogen-bond donors (Lipinski definition) is 0. The summed E-state index contributed by atoms with van der Waals surface area (Å²) >= 11 is 0. The Morgan fingerprint density at radius 1 is 0.789 bits per heavy atom. The Kier molecular flexibility index (Phi) is 5.34. The number of benzene rings is 1. The van der Waals surface area contributed by atoms with Crippen molar-refractivity contribution in [1.82, 2.24) is 0 Å². The smallest absolute Gasteiger partial charge is 0.163 e. The number of carbonyl (C=O) groups excluding carboxylic acids is 1. The Labute approximate surface area is 118 Å². The average Bonchev–Trinajstić information content (AvgIpc) is 2.40. The van der Waals surface area contributed by atoms with Gasteiger partial charge < -0.3 is 0 Å². The van der Waals surface area contributed by atoms with Crippen LogP contribution < -0.4 is 0 Å². The minimum Gasteiger partial charge on any atom is -0.294 e. The summed E-state index contributed by atoms with van der Waals surface area (Å²) in [6, 6.07) is 0. The molecule has 19 heavy (non-hydrogen) atoms. The van der Waals surface area contributed by atoms with Crippen molar-refractivity contribution in [1.29, 1.82) is 0 Å². The summed E-state index contributed by atoms with van der Waals surface area (Å²) in [6.45, 7) is 14.9. The van der Waals surface area contributed by atoms with Crippen LogP contribution in [0.15, 0.2) is 0 Å². The monoisotopic (exact) mass is 260 g/mol. The first-order valence-electron chi connectivity index (χ1n) is 7.45. The Morgan fingerprint density at radius 2 is 1.16 bits per heavy atom. The molecule has 0 saturated heterocycles. The topological polar surface area (TPSA) is 17.1 Å². The van der Waals surface area contributed by atoms with Crippen molar-refractivity contribution in [3.05, 3.63) is 33.4 Å². The number of carbonyl (C=O) groups is 1. The van der Waals surface area contributed by atoms with Crippen LogP contribution in [0.5, 0.6) is 0 Å². The Hall–Kier alpha value is -1.11. The molecule has 106 valence electrons. The Bertz CT molecular complexity index is 450. The number of Topliss-reactive ketones (excluding diaryl/α,β-unsaturated/α-hetero) is 1. The largest absolute Gasteiger partial charge is 0.294 e. The fourth-order valence-corrected chi connectivity index (χ4v) is 2.86. The van der Waals surface area contributed by atoms with Gasteiger partial charge in [0.15, 0.2) is 5.78 Å². The molecule has 1 aromatic rings. The summed E-state index contributed by atoms with van der Waals surface area (Å²) in [7, 11) is 0. The maximum absolute atomic E-state index is 12.6. The van der Waals surface area contributed by atoms with Crippen LogP contribution in [0.3, 0.4) is 0 Å². The summed E-state index contributed by atoms with van der Waals surface area (Å²) < 4.78 is 0. The van der Waals surface area contributed by atoms with E-state index in [0.717, 1.165) is 18.4 Å². The normalized spacial score (nSPS) is 11.2. The van der Waals surface area contributed by atoms with Crippen molar-refractivity contribution in [2.75, 3.05) is 0 Å². The van der Waals surface area contributed by atoms with E-state index in [1.54, 1.807) is 0 Å². The van der Waals surface area contributed by atoms with E-state index in [1.807, 2.05) is 0 Å². The third-order valence-electron chi connectivity index (χ3n) is 4.91. The Balaban J connectivity index is 3.24. The zero-order valence-corrected chi connectivity index (χ0v) is 13.6. The molecule has 1 nitrogen and oxygen atoms in total. The molecule has 0 N–H and O–H groups in total. The SMILES string of the molecule is CCC(CC)CC(=O)c1c(C)c(C)c(C)c(C)c1C. The molecule has 0 fully saturated rings. The van der Waals surface area contributed by atoms with Gasteiger partial charge in [-0.25, -0.2) is 0 Å². The van der Waals surface area contributed by atoms with Crippen LogP contribution in [0.2, 0.25) is 0 Å². The zero-order chi connectivity index (χ0) is 14.7. The first kappa shape index (κ1) is 15.9. The van der Waals surface area contributed by atoms with Gasteiger partial charge in [-0.15, -0.1) is 0 Å². The molecule has 0 spiro atoms. The van der Waals surface area contributed by atoms with Gasteiger partial charge in [0.25, 0.3) is 0 Å². The summed E-state index contributed by atoms with van der Waals surface area (Å²) in [5.41, 5.74) is 7.21. The minimum absolute atomic E-state index is 0.329. The lowest BCUT2D eigenvalue weighted by Crippen LogP contribution is -2.13. The van der Waals surface area contributed by atoms with Gasteiger partial charge in [-0.05, 0) is 68.4 Å². The predicted molar refractivity (Wildman–Crippen MR) is 83.1 cm³/mol. The summed E-state index contributed by atoms with van der Waals surface area (Å²) in [5, 5.41) is 0. The van der Waals surface area contributed by atoms with E-state index in [1.165, 1.54) is 27.8 Å². The number of ketones is 1. The first-order valence-corrected chi connectivity index (χ1v) is 7.45. The maximum atomic E-state index is 12.6. The molecule has 0 atom stereocenters. The highest BCUT2D eigenvalue weighted by atomic mass is 16.1. The quantitative estimate of drug-likeness (QED) is 0.662. The molecule has 0 radical (unpaired) electrons. The Morgan fingerprint density at radius 3 is 1.53 bits per heavy atom. The van der Waals surface area contributed by atoms with Gasteiger partial charge in [0.05, 0.1) is 0 Å². The van der Waals surface area contributed by atoms with Crippen LogP contribution in [0.1, 0.15) is 71.3 Å². The van der Waals surface area contributed by atoms with Crippen LogP contribution >= 0.6 is 0 Å². The van der Waals surface area contributed by atoms with Gasteiger partial charge in [0.2, 0.25) is 0 Å². The van der Waals surface area contributed by atoms with Crippen molar-refractivity contribution < 1.29 is 4.79 Å². The molecule has 1 heteroatoms. The van der Waals surface area contributed by atoms with E-state index >= 15 is 0 Å². The van der Waals surface area contributed by atoms with Crippen molar-refractivity contribution >= 4 is 5.78 Å². The van der Waals surface area contributed by atoms with Crippen LogP contribution in [0.4, 0.5) is 0 Å². The molecular weight excluding hydrogens is 232 g/mol. The van der Waals surface area contributed by atoms with Crippen LogP contribution in [-0.4, -0.2) is 5.78 Å². The number of rotatable bonds is 5. The molecule has 0 aliphatic heterocycles. The van der Waals surface area contributed by atoms with Crippen molar-refractivity contribution in [3.63, 3.8) is 0 Å². The van der Waals surface area contributed by atoms with E-state index < -0.39 is 0 Å². The third kappa shape index (κ3) is 3.08. The molecule has 0 aliphatic rings. The van der Waals surface area contributed by atoms with Gasteiger partial charge in [-0.1, -0.05) is 26.7 Å². The van der Waals surface area contributed by atoms with Crippen LogP contribution in [0.25, 0.3) is 0 Å². The van der Waals surface area contributed by atoms with Gasteiger partial charge in [-0.3, -0.25) is 4.79 Å². The van der Waals surface area contributed by atoms with E-state index in [2.05, 4.69) is 48.5 Å². The highest BCUT2D eigenvalue weighted by molar-refractivity contribution is 5.99. The molecule has 0 bridgehead atoms. The van der Waals surface area contributed by atoms with Crippen LogP contribution in [0, 0.1) is 40.5 Å². The maximum Gasteiger partial charge on any atom is 0.163 e. The molecule has 1 aromatic carbocycles. The molecule has 0 saturated carbocycles. The van der Waals surface area contributed by atoms with Crippen molar-refractivity contribution in [2.45, 2.75) is 67.7 Å². The minimum atomic E-state index is 0.329. The second kappa shape index (κ2) is 6.36. The fourth-order valence-electron chi connectivity index (χ4n) is 2.86. The highest BCUT2D eigenvalue weighted by Crippen LogP contribution is 2.28. The molecule has 0 aliphatic carbocycles. The average molecular weight is 260 g/mol. The molecule has 0 unspecified atom stereocenters. The predicted octanol–water partition coefficient (Wildman–Crippen LogP) is 5.24. The third-order valence-corrected chi connectivity index (χ3v) is 4.91. The van der Waals surface area contributed by atoms with Gasteiger partial charge in [-0.2, -0.15) is 0 Å². The van der Waals surface area contributed by atoms with Crippen molar-refractivity contribution in [3.8, 4) is 0 Å². The second-order valence-corrected chi connectivity index (χ2v) is 5.81. The van der Waals surface area contributed by atoms with E-state index in [0.29, 0.717) is 18.1 Å². The van der Waals surface area contributed by atoms with Crippen LogP contribution in [-0.2, 0) is 0 Å². The van der Waals surface area contributed by atoms with Gasteiger partial charge in [0, 0.05) is 12.0 Å². The molecule has 0 heterocycles. The van der Waals surface area contributed by atoms with E-state index in [-0.39, 0.29) is 0 Å². The summed E-state index contributed by atoms with van der Waals surface area (Å²) in [5.74, 6) is 0.850. The summed E-state index contributed by atoms with van der Waals surface area (Å²) in [4.78, 5) is 12.6. The van der Waals surface area contributed by atoms with E-state index in [9.17, 15) is 4.79 Å². The zero-order valence-electron chi connectivity index (χ0n) is 13.6. The standard InChI is InChI=1S/C18H28O/c1-8-16(9-2)10-17(19)18-14(6)12(4)11(3)13(5)15(18)7/h16H,8-10H2,1-7H3. The molecule has 0 amide bonds. The lowest BCUT2D eigenvalue weighted by Gasteiger charge is -2.19. The van der Waals surface area contributed by atoms with Gasteiger partial charge in [0.1, 0.15) is 0 Å². The van der Waals surface area contributed by atoms with Crippen molar-refractivity contribution in [2.24, 2.45) is 5.92 Å². The molecule has 1 rings (SSSR count). The van der Waals surface area contributed by atoms with E-state index in [4.69, 9.17) is 0 Å². The first-order chi connectivity index (χ1) is 8.84. The fraction of sp³-hybridized carbons (Fsp3) is 0.611.